The molecule has 1 aliphatic heterocycles. The van der Waals surface area contributed by atoms with Crippen LogP contribution in [0.25, 0.3) is 0 Å². The van der Waals surface area contributed by atoms with Crippen LogP contribution in [0, 0.1) is 29.5 Å². The van der Waals surface area contributed by atoms with Gasteiger partial charge >= 0.3 is 6.09 Å². The molecule has 5 nitrogen and oxygen atoms in total. The highest BCUT2D eigenvalue weighted by Gasteiger charge is 2.57. The lowest BCUT2D eigenvalue weighted by atomic mass is 10.3. The fourth-order valence-corrected chi connectivity index (χ4v) is 2.75. The number of carbonyl (C=O) groups is 1. The maximum Gasteiger partial charge on any atom is 0.407 e. The Balaban J connectivity index is 1.54. The van der Waals surface area contributed by atoms with Gasteiger partial charge in [0.1, 0.15) is 0 Å². The average molecular weight is 270 g/mol. The molecule has 1 amide bonds. The monoisotopic (exact) mass is 270 g/mol. The molecule has 1 saturated carbocycles. The molecule has 7 heteroatoms. The molecule has 0 spiro atoms. The van der Waals surface area contributed by atoms with Crippen LogP contribution in [0.3, 0.4) is 0 Å². The maximum atomic E-state index is 13.3. The first kappa shape index (κ1) is 12.1. The van der Waals surface area contributed by atoms with E-state index in [9.17, 15) is 13.6 Å². The van der Waals surface area contributed by atoms with E-state index in [1.165, 1.54) is 11.0 Å². The SMILES string of the molecule is O=C(O)N1C[C@@H]2[C@H](COc3ccnc(F)c3F)[C@@H]2C1. The number of aromatic nitrogens is 1. The third kappa shape index (κ3) is 2.09. The van der Waals surface area contributed by atoms with E-state index < -0.39 is 17.9 Å². The highest BCUT2D eigenvalue weighted by Crippen LogP contribution is 2.51. The highest BCUT2D eigenvalue weighted by atomic mass is 19.2. The Hall–Kier alpha value is -1.92. The molecule has 2 fully saturated rings. The first-order valence-electron chi connectivity index (χ1n) is 5.98. The van der Waals surface area contributed by atoms with Gasteiger partial charge in [-0.2, -0.15) is 8.78 Å². The molecule has 1 N–H and O–H groups in total. The number of ether oxygens (including phenoxy) is 1. The molecule has 0 bridgehead atoms. The van der Waals surface area contributed by atoms with Crippen LogP contribution < -0.4 is 4.74 Å². The molecule has 0 aromatic carbocycles. The first-order chi connectivity index (χ1) is 9.08. The lowest BCUT2D eigenvalue weighted by Gasteiger charge is -2.16. The van der Waals surface area contributed by atoms with E-state index >= 15 is 0 Å². The molecule has 0 unspecified atom stereocenters. The minimum absolute atomic E-state index is 0.146. The summed E-state index contributed by atoms with van der Waals surface area (Å²) in [5.74, 6) is -1.61. The van der Waals surface area contributed by atoms with Crippen molar-refractivity contribution in [1.29, 1.82) is 0 Å². The van der Waals surface area contributed by atoms with E-state index in [0.717, 1.165) is 6.20 Å². The van der Waals surface area contributed by atoms with Crippen molar-refractivity contribution < 1.29 is 23.4 Å². The highest BCUT2D eigenvalue weighted by molar-refractivity contribution is 5.65. The van der Waals surface area contributed by atoms with E-state index in [0.29, 0.717) is 13.1 Å². The zero-order valence-corrected chi connectivity index (χ0v) is 9.92. The topological polar surface area (TPSA) is 62.7 Å². The van der Waals surface area contributed by atoms with E-state index in [1.54, 1.807) is 0 Å². The van der Waals surface area contributed by atoms with Gasteiger partial charge in [-0.3, -0.25) is 0 Å². The summed E-state index contributed by atoms with van der Waals surface area (Å²) in [6, 6.07) is 1.28. The van der Waals surface area contributed by atoms with Crippen molar-refractivity contribution in [3.8, 4) is 5.75 Å². The van der Waals surface area contributed by atoms with Gasteiger partial charge in [0.25, 0.3) is 5.95 Å². The Bertz CT molecular complexity index is 514. The van der Waals surface area contributed by atoms with Crippen molar-refractivity contribution in [3.05, 3.63) is 24.0 Å². The predicted molar refractivity (Wildman–Crippen MR) is 59.7 cm³/mol. The number of pyridine rings is 1. The quantitative estimate of drug-likeness (QED) is 0.847. The van der Waals surface area contributed by atoms with E-state index in [1.807, 2.05) is 0 Å². The summed E-state index contributed by atoms with van der Waals surface area (Å²) in [4.78, 5) is 15.3. The van der Waals surface area contributed by atoms with Gasteiger partial charge in [0.05, 0.1) is 6.61 Å². The molecule has 2 heterocycles. The summed E-state index contributed by atoms with van der Waals surface area (Å²) in [7, 11) is 0. The smallest absolute Gasteiger partial charge is 0.407 e. The van der Waals surface area contributed by atoms with Crippen molar-refractivity contribution in [2.24, 2.45) is 17.8 Å². The summed E-state index contributed by atoms with van der Waals surface area (Å²) < 4.78 is 31.4. The van der Waals surface area contributed by atoms with Gasteiger partial charge in [-0.15, -0.1) is 0 Å². The number of fused-ring (bicyclic) bond motifs is 1. The van der Waals surface area contributed by atoms with E-state index in [-0.39, 0.29) is 30.1 Å². The molecule has 2 aliphatic rings. The first-order valence-corrected chi connectivity index (χ1v) is 5.98. The predicted octanol–water partition coefficient (Wildman–Crippen LogP) is 1.59. The molecule has 3 rings (SSSR count). The number of hydrogen-bond donors (Lipinski definition) is 1. The van der Waals surface area contributed by atoms with Crippen LogP contribution in [0.2, 0.25) is 0 Å². The lowest BCUT2D eigenvalue weighted by molar-refractivity contribution is 0.145. The van der Waals surface area contributed by atoms with Gasteiger partial charge in [0.15, 0.2) is 5.75 Å². The van der Waals surface area contributed by atoms with Gasteiger partial charge in [-0.1, -0.05) is 0 Å². The number of nitrogens with zero attached hydrogens (tertiary/aromatic N) is 2. The zero-order chi connectivity index (χ0) is 13.6. The number of halogens is 2. The maximum absolute atomic E-state index is 13.3. The number of rotatable bonds is 3. The Kier molecular flexibility index (Phi) is 2.76. The van der Waals surface area contributed by atoms with Crippen LogP contribution in [0.15, 0.2) is 12.3 Å². The van der Waals surface area contributed by atoms with Crippen LogP contribution in [0.5, 0.6) is 5.75 Å². The van der Waals surface area contributed by atoms with Crippen LogP contribution in [0.4, 0.5) is 13.6 Å². The van der Waals surface area contributed by atoms with Crippen LogP contribution in [-0.2, 0) is 0 Å². The molecule has 102 valence electrons. The Morgan fingerprint density at radius 1 is 1.47 bits per heavy atom. The van der Waals surface area contributed by atoms with Gasteiger partial charge in [0.2, 0.25) is 5.82 Å². The van der Waals surface area contributed by atoms with Crippen molar-refractivity contribution in [1.82, 2.24) is 9.88 Å². The fourth-order valence-electron chi connectivity index (χ4n) is 2.75. The lowest BCUT2D eigenvalue weighted by Crippen LogP contribution is -2.30. The Morgan fingerprint density at radius 2 is 2.16 bits per heavy atom. The standard InChI is InChI=1S/C12H12F2N2O3/c13-10-9(1-2-15-11(10)14)19-5-8-6-3-16(12(17)18)4-7(6)8/h1-2,6-8H,3-5H2,(H,17,18)/t6-,7+,8-. The van der Waals surface area contributed by atoms with Gasteiger partial charge in [0, 0.05) is 31.3 Å². The van der Waals surface area contributed by atoms with Crippen molar-refractivity contribution in [3.63, 3.8) is 0 Å². The minimum Gasteiger partial charge on any atom is -0.490 e. The minimum atomic E-state index is -1.18. The number of piperidine rings is 1. The second-order valence-corrected chi connectivity index (χ2v) is 4.90. The number of hydrogen-bond acceptors (Lipinski definition) is 3. The average Bonchev–Trinajstić information content (AvgIpc) is 2.83. The largest absolute Gasteiger partial charge is 0.490 e. The molecule has 1 aliphatic carbocycles. The third-order valence-corrected chi connectivity index (χ3v) is 3.88. The van der Waals surface area contributed by atoms with Gasteiger partial charge < -0.3 is 14.7 Å². The molecule has 1 aromatic rings. The van der Waals surface area contributed by atoms with E-state index in [2.05, 4.69) is 4.98 Å². The molecule has 1 aromatic heterocycles. The van der Waals surface area contributed by atoms with Crippen molar-refractivity contribution >= 4 is 6.09 Å². The molecular formula is C12H12F2N2O3. The number of amides is 1. The van der Waals surface area contributed by atoms with Crippen LogP contribution >= 0.6 is 0 Å². The summed E-state index contributed by atoms with van der Waals surface area (Å²) >= 11 is 0. The second kappa shape index (κ2) is 4.32. The summed E-state index contributed by atoms with van der Waals surface area (Å²) in [5, 5.41) is 8.81. The van der Waals surface area contributed by atoms with Crippen LogP contribution in [-0.4, -0.2) is 40.8 Å². The molecule has 0 radical (unpaired) electrons. The normalized spacial score (nSPS) is 28.1. The Labute approximate surface area is 107 Å². The Morgan fingerprint density at radius 3 is 2.79 bits per heavy atom. The number of likely N-dealkylation sites (tertiary alicyclic amines) is 1. The van der Waals surface area contributed by atoms with Gasteiger partial charge in [-0.25, -0.2) is 9.78 Å². The summed E-state index contributed by atoms with van der Waals surface area (Å²) in [5.41, 5.74) is 0. The fraction of sp³-hybridized carbons (Fsp3) is 0.500. The molecule has 1 saturated heterocycles. The van der Waals surface area contributed by atoms with Crippen molar-refractivity contribution in [2.75, 3.05) is 19.7 Å². The zero-order valence-electron chi connectivity index (χ0n) is 9.92. The summed E-state index contributed by atoms with van der Waals surface area (Å²) in [6.45, 7) is 1.28. The third-order valence-electron chi connectivity index (χ3n) is 3.88. The number of carboxylic acid groups (broad SMARTS) is 1. The van der Waals surface area contributed by atoms with E-state index in [4.69, 9.17) is 9.84 Å². The second-order valence-electron chi connectivity index (χ2n) is 4.90. The molecule has 3 atom stereocenters. The summed E-state index contributed by atoms with van der Waals surface area (Å²) in [6.07, 6.45) is 0.238. The van der Waals surface area contributed by atoms with Gasteiger partial charge in [-0.05, 0) is 11.8 Å². The van der Waals surface area contributed by atoms with Crippen molar-refractivity contribution in [2.45, 2.75) is 0 Å². The molecular weight excluding hydrogens is 258 g/mol. The van der Waals surface area contributed by atoms with Crippen LogP contribution in [0.1, 0.15) is 0 Å². The molecule has 19 heavy (non-hydrogen) atoms.